The number of nitrogens with one attached hydrogen (secondary N) is 2. The predicted molar refractivity (Wildman–Crippen MR) is 171 cm³/mol. The molecule has 0 bridgehead atoms. The quantitative estimate of drug-likeness (QED) is 0.202. The standard InChI is InChI=1S/C33H31N3O6S2/c1-33(2,3)36-44(40,41)31-8-6-5-7-28(31)23-9-11-24(12-10-23)32(37)35-29-20-27(43(4,38)39)15-16-30(29)42-26-14-13-22-17-18-34-21-25(22)19-26/h5-21,36H,1-4H3,(H,35,37). The number of ether oxygens (including phenoxy) is 1. The summed E-state index contributed by atoms with van der Waals surface area (Å²) in [5, 5.41) is 4.60. The van der Waals surface area contributed by atoms with Crippen LogP contribution >= 0.6 is 0 Å². The van der Waals surface area contributed by atoms with Gasteiger partial charge in [0.05, 0.1) is 15.5 Å². The number of aromatic nitrogens is 1. The number of sulfonamides is 1. The fourth-order valence-corrected chi connectivity index (χ4v) is 6.87. The smallest absolute Gasteiger partial charge is 0.255 e. The highest BCUT2D eigenvalue weighted by atomic mass is 32.2. The van der Waals surface area contributed by atoms with Gasteiger partial charge in [0.2, 0.25) is 10.0 Å². The molecule has 1 heterocycles. The number of sulfone groups is 1. The zero-order chi connectivity index (χ0) is 31.7. The van der Waals surface area contributed by atoms with Crippen molar-refractivity contribution in [3.05, 3.63) is 109 Å². The number of fused-ring (bicyclic) bond motifs is 1. The lowest BCUT2D eigenvalue weighted by atomic mass is 10.0. The predicted octanol–water partition coefficient (Wildman–Crippen LogP) is 6.43. The lowest BCUT2D eigenvalue weighted by molar-refractivity contribution is 0.102. The summed E-state index contributed by atoms with van der Waals surface area (Å²) in [6.45, 7) is 5.30. The summed E-state index contributed by atoms with van der Waals surface area (Å²) < 4.78 is 59.6. The molecule has 0 aliphatic carbocycles. The first-order valence-corrected chi connectivity index (χ1v) is 17.0. The second kappa shape index (κ2) is 11.8. The van der Waals surface area contributed by atoms with Crippen molar-refractivity contribution in [2.75, 3.05) is 11.6 Å². The van der Waals surface area contributed by atoms with Crippen LogP contribution in [0.1, 0.15) is 31.1 Å². The van der Waals surface area contributed by atoms with Gasteiger partial charge in [0.15, 0.2) is 15.6 Å². The van der Waals surface area contributed by atoms with Crippen LogP contribution in [0.5, 0.6) is 11.5 Å². The molecular formula is C33H31N3O6S2. The van der Waals surface area contributed by atoms with E-state index in [1.54, 1.807) is 87.8 Å². The number of carbonyl (C=O) groups is 1. The third-order valence-electron chi connectivity index (χ3n) is 6.54. The Morgan fingerprint density at radius 3 is 2.25 bits per heavy atom. The molecule has 1 amide bonds. The number of nitrogens with zero attached hydrogens (tertiary/aromatic N) is 1. The van der Waals surface area contributed by atoms with Crippen molar-refractivity contribution in [3.8, 4) is 22.6 Å². The van der Waals surface area contributed by atoms with Crippen molar-refractivity contribution in [2.45, 2.75) is 36.1 Å². The second-order valence-corrected chi connectivity index (χ2v) is 15.0. The molecule has 0 fully saturated rings. The van der Waals surface area contributed by atoms with Crippen molar-refractivity contribution >= 4 is 42.2 Å². The highest BCUT2D eigenvalue weighted by Crippen LogP contribution is 2.34. The molecule has 0 aliphatic heterocycles. The van der Waals surface area contributed by atoms with Crippen LogP contribution in [0.3, 0.4) is 0 Å². The summed E-state index contributed by atoms with van der Waals surface area (Å²) in [4.78, 5) is 17.6. The Balaban J connectivity index is 1.44. The Kier molecular flexibility index (Phi) is 8.30. The summed E-state index contributed by atoms with van der Waals surface area (Å²) in [7, 11) is -7.40. The van der Waals surface area contributed by atoms with Gasteiger partial charge in [0, 0.05) is 40.7 Å². The normalized spacial score (nSPS) is 12.2. The molecule has 0 spiro atoms. The van der Waals surface area contributed by atoms with Crippen molar-refractivity contribution in [1.82, 2.24) is 9.71 Å². The fraction of sp³-hybridized carbons (Fsp3) is 0.152. The van der Waals surface area contributed by atoms with Crippen molar-refractivity contribution in [3.63, 3.8) is 0 Å². The number of pyridine rings is 1. The molecule has 5 aromatic rings. The summed E-state index contributed by atoms with van der Waals surface area (Å²) in [6, 6.07) is 24.7. The van der Waals surface area contributed by atoms with E-state index in [9.17, 15) is 21.6 Å². The van der Waals surface area contributed by atoms with E-state index in [1.165, 1.54) is 24.3 Å². The van der Waals surface area contributed by atoms with Gasteiger partial charge < -0.3 is 10.1 Å². The van der Waals surface area contributed by atoms with Crippen molar-refractivity contribution < 1.29 is 26.4 Å². The highest BCUT2D eigenvalue weighted by Gasteiger charge is 2.25. The summed E-state index contributed by atoms with van der Waals surface area (Å²) in [5.74, 6) is 0.216. The van der Waals surface area contributed by atoms with Crippen LogP contribution in [0.15, 0.2) is 113 Å². The first-order chi connectivity index (χ1) is 20.7. The zero-order valence-electron chi connectivity index (χ0n) is 24.5. The molecule has 226 valence electrons. The van der Waals surface area contributed by atoms with E-state index in [1.807, 2.05) is 12.1 Å². The van der Waals surface area contributed by atoms with Gasteiger partial charge in [0.25, 0.3) is 5.91 Å². The van der Waals surface area contributed by atoms with E-state index in [0.717, 1.165) is 17.0 Å². The topological polar surface area (TPSA) is 132 Å². The van der Waals surface area contributed by atoms with Gasteiger partial charge in [-0.3, -0.25) is 9.78 Å². The Labute approximate surface area is 256 Å². The van der Waals surface area contributed by atoms with E-state index in [4.69, 9.17) is 4.74 Å². The minimum Gasteiger partial charge on any atom is -0.455 e. The maximum Gasteiger partial charge on any atom is 0.255 e. The summed E-state index contributed by atoms with van der Waals surface area (Å²) in [5.41, 5.74) is 0.854. The number of benzene rings is 4. The molecule has 0 atom stereocenters. The lowest BCUT2D eigenvalue weighted by Gasteiger charge is -2.21. The Morgan fingerprint density at radius 1 is 0.818 bits per heavy atom. The Morgan fingerprint density at radius 2 is 1.55 bits per heavy atom. The van der Waals surface area contributed by atoms with E-state index < -0.39 is 31.3 Å². The lowest BCUT2D eigenvalue weighted by Crippen LogP contribution is -2.40. The van der Waals surface area contributed by atoms with E-state index >= 15 is 0 Å². The van der Waals surface area contributed by atoms with Gasteiger partial charge >= 0.3 is 0 Å². The van der Waals surface area contributed by atoms with Gasteiger partial charge in [0.1, 0.15) is 5.75 Å². The molecule has 0 saturated carbocycles. The van der Waals surface area contributed by atoms with E-state index in [-0.39, 0.29) is 26.8 Å². The van der Waals surface area contributed by atoms with Gasteiger partial charge in [-0.25, -0.2) is 21.6 Å². The average Bonchev–Trinajstić information content (AvgIpc) is 2.96. The van der Waals surface area contributed by atoms with Crippen LogP contribution in [0.25, 0.3) is 21.9 Å². The van der Waals surface area contributed by atoms with E-state index in [2.05, 4.69) is 15.0 Å². The monoisotopic (exact) mass is 629 g/mol. The first-order valence-electron chi connectivity index (χ1n) is 13.6. The Bertz CT molecular complexity index is 2090. The Hall–Kier alpha value is -4.58. The molecular weight excluding hydrogens is 599 g/mol. The largest absolute Gasteiger partial charge is 0.455 e. The first kappa shape index (κ1) is 30.9. The number of amides is 1. The van der Waals surface area contributed by atoms with Crippen LogP contribution in [-0.2, 0) is 19.9 Å². The minimum absolute atomic E-state index is 0.0138. The third kappa shape index (κ3) is 7.13. The molecule has 11 heteroatoms. The summed E-state index contributed by atoms with van der Waals surface area (Å²) in [6.07, 6.45) is 4.48. The highest BCUT2D eigenvalue weighted by molar-refractivity contribution is 7.90. The number of anilines is 1. The molecule has 2 N–H and O–H groups in total. The van der Waals surface area contributed by atoms with E-state index in [0.29, 0.717) is 16.9 Å². The molecule has 9 nitrogen and oxygen atoms in total. The molecule has 0 unspecified atom stereocenters. The van der Waals surface area contributed by atoms with Crippen molar-refractivity contribution in [1.29, 1.82) is 0 Å². The minimum atomic E-state index is -3.82. The van der Waals surface area contributed by atoms with Gasteiger partial charge in [-0.05, 0) is 86.3 Å². The van der Waals surface area contributed by atoms with Crippen LogP contribution in [0, 0.1) is 0 Å². The molecule has 4 aromatic carbocycles. The number of hydrogen-bond acceptors (Lipinski definition) is 7. The number of rotatable bonds is 8. The zero-order valence-corrected chi connectivity index (χ0v) is 26.2. The van der Waals surface area contributed by atoms with Gasteiger partial charge in [-0.15, -0.1) is 0 Å². The SMILES string of the molecule is CC(C)(C)NS(=O)(=O)c1ccccc1-c1ccc(C(=O)Nc2cc(S(C)(=O)=O)ccc2Oc2ccc3ccncc3c2)cc1. The average molecular weight is 630 g/mol. The number of carbonyl (C=O) groups excluding carboxylic acids is 1. The van der Waals surface area contributed by atoms with Crippen LogP contribution in [-0.4, -0.2) is 39.5 Å². The van der Waals surface area contributed by atoms with Crippen molar-refractivity contribution in [2.24, 2.45) is 0 Å². The molecule has 5 rings (SSSR count). The van der Waals surface area contributed by atoms with Gasteiger partial charge in [-0.1, -0.05) is 36.4 Å². The fourth-order valence-electron chi connectivity index (χ4n) is 4.57. The maximum absolute atomic E-state index is 13.4. The summed E-state index contributed by atoms with van der Waals surface area (Å²) >= 11 is 0. The molecule has 1 aromatic heterocycles. The second-order valence-electron chi connectivity index (χ2n) is 11.3. The van der Waals surface area contributed by atoms with Gasteiger partial charge in [-0.2, -0.15) is 0 Å². The molecule has 0 saturated heterocycles. The van der Waals surface area contributed by atoms with Crippen LogP contribution in [0.2, 0.25) is 0 Å². The number of hydrogen-bond donors (Lipinski definition) is 2. The van der Waals surface area contributed by atoms with Crippen LogP contribution < -0.4 is 14.8 Å². The van der Waals surface area contributed by atoms with Crippen LogP contribution in [0.4, 0.5) is 5.69 Å². The maximum atomic E-state index is 13.4. The molecule has 44 heavy (non-hydrogen) atoms. The third-order valence-corrected chi connectivity index (χ3v) is 9.47. The molecule has 0 aliphatic rings. The molecule has 0 radical (unpaired) electrons.